The molecule has 1 aromatic rings. The van der Waals surface area contributed by atoms with E-state index in [1.807, 2.05) is 6.07 Å². The zero-order chi connectivity index (χ0) is 29.6. The van der Waals surface area contributed by atoms with Crippen LogP contribution in [0.25, 0.3) is 0 Å². The summed E-state index contributed by atoms with van der Waals surface area (Å²) in [6.07, 6.45) is 6.52. The third-order valence-corrected chi connectivity index (χ3v) is 9.58. The number of amides is 2. The van der Waals surface area contributed by atoms with Gasteiger partial charge in [-0.2, -0.15) is 0 Å². The first-order chi connectivity index (χ1) is 19.5. The first-order valence-electron chi connectivity index (χ1n) is 14.6. The molecular weight excluding hydrogens is 526 g/mol. The van der Waals surface area contributed by atoms with Crippen molar-refractivity contribution in [2.45, 2.75) is 82.5 Å². The Labute approximate surface area is 240 Å². The van der Waals surface area contributed by atoms with Gasteiger partial charge in [0.15, 0.2) is 11.5 Å². The van der Waals surface area contributed by atoms with Gasteiger partial charge >= 0.3 is 5.97 Å². The Morgan fingerprint density at radius 2 is 1.95 bits per heavy atom. The van der Waals surface area contributed by atoms with E-state index in [0.29, 0.717) is 6.04 Å². The van der Waals surface area contributed by atoms with Crippen LogP contribution in [0.4, 0.5) is 0 Å². The highest BCUT2D eigenvalue weighted by atomic mass is 16.5. The number of nitrogens with one attached hydrogen (secondary N) is 2. The summed E-state index contributed by atoms with van der Waals surface area (Å²) < 4.78 is 12.4. The lowest BCUT2D eigenvalue weighted by Gasteiger charge is -2.57. The van der Waals surface area contributed by atoms with Crippen molar-refractivity contribution >= 4 is 23.6 Å². The van der Waals surface area contributed by atoms with Gasteiger partial charge in [0.05, 0.1) is 7.11 Å². The van der Waals surface area contributed by atoms with E-state index in [1.54, 1.807) is 21.0 Å². The van der Waals surface area contributed by atoms with Crippen molar-refractivity contribution < 1.29 is 33.8 Å². The Morgan fingerprint density at radius 3 is 2.61 bits per heavy atom. The molecule has 2 aliphatic carbocycles. The summed E-state index contributed by atoms with van der Waals surface area (Å²) in [6.45, 7) is 5.63. The summed E-state index contributed by atoms with van der Waals surface area (Å²) in [6, 6.07) is 2.41. The van der Waals surface area contributed by atoms with E-state index in [0.717, 1.165) is 30.9 Å². The van der Waals surface area contributed by atoms with Gasteiger partial charge in [0.2, 0.25) is 11.8 Å². The molecule has 4 aliphatic rings. The van der Waals surface area contributed by atoms with Gasteiger partial charge in [-0.15, -0.1) is 0 Å². The highest BCUT2D eigenvalue weighted by Crippen LogP contribution is 2.63. The number of Topliss-reactive ketones (excluding diaryl/α,β-unsaturated/α-hetero) is 1. The maximum absolute atomic E-state index is 13.4. The molecule has 3 N–H and O–H groups in total. The number of aliphatic carboxylic acids is 1. The number of carboxylic acids is 1. The molecule has 0 radical (unpaired) electrons. The minimum absolute atomic E-state index is 0.0386. The maximum Gasteiger partial charge on any atom is 0.326 e. The molecule has 7 atom stereocenters. The minimum atomic E-state index is -1.15. The number of benzene rings is 1. The number of rotatable bonds is 11. The number of ketones is 1. The van der Waals surface area contributed by atoms with Crippen molar-refractivity contribution in [3.63, 3.8) is 0 Å². The van der Waals surface area contributed by atoms with Crippen LogP contribution in [0.15, 0.2) is 24.3 Å². The lowest BCUT2D eigenvalue weighted by Crippen LogP contribution is -2.64. The van der Waals surface area contributed by atoms with Crippen LogP contribution in [0, 0.1) is 17.8 Å². The molecule has 1 aromatic carbocycles. The summed E-state index contributed by atoms with van der Waals surface area (Å²) >= 11 is 0. The minimum Gasteiger partial charge on any atom is -0.493 e. The van der Waals surface area contributed by atoms with Crippen LogP contribution in [0.1, 0.15) is 57.6 Å². The molecule has 3 unspecified atom stereocenters. The molecule has 10 nitrogen and oxygen atoms in total. The predicted molar refractivity (Wildman–Crippen MR) is 151 cm³/mol. The summed E-state index contributed by atoms with van der Waals surface area (Å²) in [5.41, 5.74) is 2.33. The van der Waals surface area contributed by atoms with Crippen LogP contribution in [-0.2, 0) is 31.0 Å². The van der Waals surface area contributed by atoms with Crippen molar-refractivity contribution in [3.8, 4) is 11.5 Å². The van der Waals surface area contributed by atoms with Crippen molar-refractivity contribution in [2.75, 3.05) is 20.7 Å². The van der Waals surface area contributed by atoms with Crippen LogP contribution >= 0.6 is 0 Å². The highest BCUT2D eigenvalue weighted by Gasteiger charge is 2.64. The van der Waals surface area contributed by atoms with E-state index >= 15 is 0 Å². The normalized spacial score (nSPS) is 28.7. The third kappa shape index (κ3) is 5.00. The van der Waals surface area contributed by atoms with Gasteiger partial charge in [0.25, 0.3) is 0 Å². The second-order valence-electron chi connectivity index (χ2n) is 12.4. The lowest BCUT2D eigenvalue weighted by molar-refractivity contribution is -0.143. The van der Waals surface area contributed by atoms with Gasteiger partial charge in [-0.3, -0.25) is 14.4 Å². The van der Waals surface area contributed by atoms with E-state index in [-0.39, 0.29) is 54.3 Å². The number of hydrogen-bond donors (Lipinski definition) is 3. The van der Waals surface area contributed by atoms with E-state index in [1.165, 1.54) is 18.1 Å². The SMILES string of the molecule is COc1ccc2c3c1O[C@H]1[C@@H](CC(=O)CCC(NC(C)=O)C(=O)NC(C(=O)O)C(C)C)C=CC4[C@@H](C2)N(C)CC[C@@]341. The molecule has 2 aliphatic heterocycles. The Hall–Kier alpha value is -3.40. The van der Waals surface area contributed by atoms with E-state index < -0.39 is 29.9 Å². The van der Waals surface area contributed by atoms with Crippen molar-refractivity contribution in [1.29, 1.82) is 0 Å². The molecule has 1 spiro atoms. The first-order valence-corrected chi connectivity index (χ1v) is 14.6. The summed E-state index contributed by atoms with van der Waals surface area (Å²) in [5, 5.41) is 14.6. The standard InChI is InChI=1S/C31H41N3O7/c1-16(2)26(30(38)39)33-29(37)22(32-17(3)35)10-8-20(36)14-19-6-9-21-23-15-18-7-11-24(40-5)27-25(18)31(21,28(19)41-27)12-13-34(23)4/h6-7,9,11,16,19,21-23,26,28H,8,10,12-15H2,1-5H3,(H,32,35)(H,33,37)(H,38,39)/t19-,21?,22?,23-,26?,28+,31+/m1/s1. The molecule has 2 heterocycles. The zero-order valence-corrected chi connectivity index (χ0v) is 24.4. The third-order valence-electron chi connectivity index (χ3n) is 9.58. The Morgan fingerprint density at radius 1 is 1.20 bits per heavy atom. The number of carboxylic acid groups (broad SMARTS) is 1. The summed E-state index contributed by atoms with van der Waals surface area (Å²) in [5.74, 6) is -0.889. The molecule has 1 fully saturated rings. The molecule has 5 rings (SSSR count). The number of likely N-dealkylation sites (N-methyl/N-ethyl adjacent to an activating group) is 1. The van der Waals surface area contributed by atoms with Gasteiger partial charge in [-0.05, 0) is 50.4 Å². The van der Waals surface area contributed by atoms with Crippen LogP contribution in [0.2, 0.25) is 0 Å². The maximum atomic E-state index is 13.4. The number of methoxy groups -OCH3 is 1. The average Bonchev–Trinajstić information content (AvgIpc) is 3.27. The van der Waals surface area contributed by atoms with E-state index in [4.69, 9.17) is 9.47 Å². The first kappa shape index (κ1) is 29.1. The zero-order valence-electron chi connectivity index (χ0n) is 24.4. The molecule has 0 aromatic heterocycles. The number of likely N-dealkylation sites (tertiary alicyclic amines) is 1. The van der Waals surface area contributed by atoms with Gasteiger partial charge in [0.1, 0.15) is 24.0 Å². The fraction of sp³-hybridized carbons (Fsp3) is 0.613. The molecule has 2 bridgehead atoms. The van der Waals surface area contributed by atoms with Crippen LogP contribution in [0.3, 0.4) is 0 Å². The quantitative estimate of drug-likeness (QED) is 0.347. The van der Waals surface area contributed by atoms with Gasteiger partial charge in [0, 0.05) is 48.6 Å². The second kappa shape index (κ2) is 11.1. The van der Waals surface area contributed by atoms with Gasteiger partial charge < -0.3 is 30.1 Å². The van der Waals surface area contributed by atoms with Crippen molar-refractivity contribution in [1.82, 2.24) is 15.5 Å². The Bertz CT molecular complexity index is 1280. The average molecular weight is 568 g/mol. The van der Waals surface area contributed by atoms with Gasteiger partial charge in [-0.1, -0.05) is 32.1 Å². The molecule has 10 heteroatoms. The van der Waals surface area contributed by atoms with Crippen molar-refractivity contribution in [3.05, 3.63) is 35.4 Å². The van der Waals surface area contributed by atoms with Crippen LogP contribution < -0.4 is 20.1 Å². The number of carbonyl (C=O) groups excluding carboxylic acids is 3. The second-order valence-corrected chi connectivity index (χ2v) is 12.4. The Kier molecular flexibility index (Phi) is 7.89. The summed E-state index contributed by atoms with van der Waals surface area (Å²) in [4.78, 5) is 52.1. The summed E-state index contributed by atoms with van der Waals surface area (Å²) in [7, 11) is 3.84. The Balaban J connectivity index is 1.33. The van der Waals surface area contributed by atoms with E-state index in [9.17, 15) is 24.3 Å². The predicted octanol–water partition coefficient (Wildman–Crippen LogP) is 2.23. The monoisotopic (exact) mass is 567 g/mol. The molecule has 222 valence electrons. The lowest BCUT2D eigenvalue weighted by atomic mass is 9.52. The van der Waals surface area contributed by atoms with Crippen molar-refractivity contribution in [2.24, 2.45) is 17.8 Å². The van der Waals surface area contributed by atoms with Crippen LogP contribution in [-0.4, -0.2) is 78.5 Å². The number of carbonyl (C=O) groups is 4. The smallest absolute Gasteiger partial charge is 0.326 e. The number of nitrogens with zero attached hydrogens (tertiary/aromatic N) is 1. The fourth-order valence-corrected chi connectivity index (χ4v) is 7.64. The molecule has 1 saturated heterocycles. The topological polar surface area (TPSA) is 134 Å². The van der Waals surface area contributed by atoms with Gasteiger partial charge in [-0.25, -0.2) is 4.79 Å². The largest absolute Gasteiger partial charge is 0.493 e. The van der Waals surface area contributed by atoms with E-state index in [2.05, 4.69) is 40.8 Å². The number of piperidine rings is 1. The fourth-order valence-electron chi connectivity index (χ4n) is 7.64. The molecule has 2 amide bonds. The number of ether oxygens (including phenoxy) is 2. The van der Waals surface area contributed by atoms with Crippen LogP contribution in [0.5, 0.6) is 11.5 Å². The molecular formula is C31H41N3O7. The molecule has 0 saturated carbocycles. The highest BCUT2D eigenvalue weighted by molar-refractivity contribution is 5.90. The number of hydrogen-bond acceptors (Lipinski definition) is 7. The molecule has 41 heavy (non-hydrogen) atoms.